The number of likely N-dealkylation sites (tertiary alicyclic amines) is 2. The highest BCUT2D eigenvalue weighted by Gasteiger charge is 2.39. The molecule has 3 aliphatic rings. The third-order valence-corrected chi connectivity index (χ3v) is 6.75. The zero-order valence-electron chi connectivity index (χ0n) is 17.8. The summed E-state index contributed by atoms with van der Waals surface area (Å²) in [5, 5.41) is 0. The molecule has 2 aliphatic heterocycles. The number of aryl methyl sites for hydroxylation is 1. The summed E-state index contributed by atoms with van der Waals surface area (Å²) in [5.41, 5.74) is 2.28. The molecule has 3 fully saturated rings. The summed E-state index contributed by atoms with van der Waals surface area (Å²) in [4.78, 5) is 32.4. The molecular formula is C24H35N3O2. The maximum Gasteiger partial charge on any atom is 0.227 e. The van der Waals surface area contributed by atoms with Crippen molar-refractivity contribution < 1.29 is 9.59 Å². The lowest BCUT2D eigenvalue weighted by atomic mass is 10.1. The first kappa shape index (κ1) is 20.4. The number of benzene rings is 1. The van der Waals surface area contributed by atoms with Gasteiger partial charge in [-0.25, -0.2) is 0 Å². The van der Waals surface area contributed by atoms with E-state index in [1.54, 1.807) is 0 Å². The third-order valence-electron chi connectivity index (χ3n) is 6.75. The molecule has 0 bridgehead atoms. The minimum Gasteiger partial charge on any atom is -0.340 e. The van der Waals surface area contributed by atoms with Crippen LogP contribution in [0.3, 0.4) is 0 Å². The fourth-order valence-electron chi connectivity index (χ4n) is 4.68. The van der Waals surface area contributed by atoms with Gasteiger partial charge in [-0.3, -0.25) is 9.59 Å². The minimum atomic E-state index is 0.186. The van der Waals surface area contributed by atoms with E-state index in [1.165, 1.54) is 24.8 Å². The number of piperidine rings is 1. The fourth-order valence-corrected chi connectivity index (χ4v) is 4.68. The highest BCUT2D eigenvalue weighted by atomic mass is 16.2. The van der Waals surface area contributed by atoms with Gasteiger partial charge in [-0.05, 0) is 57.7 Å². The van der Waals surface area contributed by atoms with Crippen molar-refractivity contribution in [2.45, 2.75) is 57.9 Å². The number of nitrogens with zero attached hydrogens (tertiary/aromatic N) is 3. The van der Waals surface area contributed by atoms with Crippen molar-refractivity contribution in [2.24, 2.45) is 5.92 Å². The van der Waals surface area contributed by atoms with E-state index in [-0.39, 0.29) is 17.9 Å². The monoisotopic (exact) mass is 397 g/mol. The number of amides is 2. The number of rotatable bonds is 7. The average molecular weight is 398 g/mol. The Morgan fingerprint density at radius 2 is 1.72 bits per heavy atom. The number of carbonyl (C=O) groups excluding carboxylic acids is 2. The van der Waals surface area contributed by atoms with Crippen LogP contribution >= 0.6 is 0 Å². The Balaban J connectivity index is 1.33. The van der Waals surface area contributed by atoms with Crippen LogP contribution in [0, 0.1) is 12.8 Å². The lowest BCUT2D eigenvalue weighted by Crippen LogP contribution is -2.47. The van der Waals surface area contributed by atoms with Crippen LogP contribution in [-0.2, 0) is 16.0 Å². The van der Waals surface area contributed by atoms with E-state index in [1.807, 2.05) is 17.0 Å². The molecule has 0 spiro atoms. The van der Waals surface area contributed by atoms with Crippen molar-refractivity contribution in [3.63, 3.8) is 0 Å². The van der Waals surface area contributed by atoms with Gasteiger partial charge in [0.05, 0.1) is 12.5 Å². The SMILES string of the molecule is Cc1ccc(CC(=O)N2CCC(N(CCN3CCCCC3)C(=O)C3CC3)C2)cc1. The van der Waals surface area contributed by atoms with Gasteiger partial charge in [-0.15, -0.1) is 0 Å². The number of hydrogen-bond acceptors (Lipinski definition) is 3. The van der Waals surface area contributed by atoms with Crippen molar-refractivity contribution >= 4 is 11.8 Å². The van der Waals surface area contributed by atoms with Crippen molar-refractivity contribution in [3.8, 4) is 0 Å². The van der Waals surface area contributed by atoms with Gasteiger partial charge in [-0.1, -0.05) is 36.2 Å². The molecule has 2 saturated heterocycles. The Hall–Kier alpha value is -1.88. The van der Waals surface area contributed by atoms with Crippen molar-refractivity contribution in [2.75, 3.05) is 39.3 Å². The van der Waals surface area contributed by atoms with Gasteiger partial charge in [-0.2, -0.15) is 0 Å². The Labute approximate surface area is 175 Å². The zero-order chi connectivity index (χ0) is 20.2. The molecule has 1 atom stereocenters. The second kappa shape index (κ2) is 9.29. The highest BCUT2D eigenvalue weighted by Crippen LogP contribution is 2.33. The summed E-state index contributed by atoms with van der Waals surface area (Å²) in [6.45, 7) is 7.66. The van der Waals surface area contributed by atoms with Crippen LogP contribution in [0.25, 0.3) is 0 Å². The van der Waals surface area contributed by atoms with Crippen LogP contribution in [0.2, 0.25) is 0 Å². The normalized spacial score (nSPS) is 22.7. The predicted molar refractivity (Wildman–Crippen MR) is 115 cm³/mol. The van der Waals surface area contributed by atoms with E-state index in [4.69, 9.17) is 0 Å². The molecule has 1 aromatic rings. The third kappa shape index (κ3) is 5.39. The number of hydrogen-bond donors (Lipinski definition) is 0. The largest absolute Gasteiger partial charge is 0.340 e. The first-order chi connectivity index (χ1) is 14.1. The molecule has 2 amide bonds. The van der Waals surface area contributed by atoms with Crippen molar-refractivity contribution in [1.82, 2.24) is 14.7 Å². The topological polar surface area (TPSA) is 43.9 Å². The molecular weight excluding hydrogens is 362 g/mol. The quantitative estimate of drug-likeness (QED) is 0.711. The van der Waals surface area contributed by atoms with Gasteiger partial charge in [0.25, 0.3) is 0 Å². The smallest absolute Gasteiger partial charge is 0.227 e. The van der Waals surface area contributed by atoms with E-state index < -0.39 is 0 Å². The molecule has 5 nitrogen and oxygen atoms in total. The summed E-state index contributed by atoms with van der Waals surface area (Å²) in [6, 6.07) is 8.40. The average Bonchev–Trinajstić information content (AvgIpc) is 3.48. The lowest BCUT2D eigenvalue weighted by molar-refractivity contribution is -0.136. The van der Waals surface area contributed by atoms with Crippen molar-refractivity contribution in [1.29, 1.82) is 0 Å². The first-order valence-corrected chi connectivity index (χ1v) is 11.5. The van der Waals surface area contributed by atoms with E-state index >= 15 is 0 Å². The highest BCUT2D eigenvalue weighted by molar-refractivity contribution is 5.82. The Bertz CT molecular complexity index is 707. The van der Waals surface area contributed by atoms with E-state index in [2.05, 4.69) is 28.9 Å². The van der Waals surface area contributed by atoms with Crippen LogP contribution in [0.15, 0.2) is 24.3 Å². The van der Waals surface area contributed by atoms with Crippen LogP contribution < -0.4 is 0 Å². The molecule has 0 N–H and O–H groups in total. The van der Waals surface area contributed by atoms with Crippen LogP contribution in [0.1, 0.15) is 49.7 Å². The molecule has 158 valence electrons. The Morgan fingerprint density at radius 3 is 2.41 bits per heavy atom. The zero-order valence-corrected chi connectivity index (χ0v) is 17.8. The molecule has 1 unspecified atom stereocenters. The second-order valence-corrected chi connectivity index (χ2v) is 9.15. The maximum absolute atomic E-state index is 13.0. The standard InChI is InChI=1S/C24H35N3O2/c1-19-5-7-20(8-6-19)17-23(28)26-14-11-22(18-26)27(24(29)21-9-10-21)16-15-25-12-3-2-4-13-25/h5-8,21-22H,2-4,9-18H2,1H3. The molecule has 2 heterocycles. The van der Waals surface area contributed by atoms with Gasteiger partial charge in [0.1, 0.15) is 0 Å². The van der Waals surface area contributed by atoms with Gasteiger partial charge in [0.2, 0.25) is 11.8 Å². The molecule has 0 radical (unpaired) electrons. The van der Waals surface area contributed by atoms with Crippen molar-refractivity contribution in [3.05, 3.63) is 35.4 Å². The van der Waals surface area contributed by atoms with E-state index in [0.717, 1.165) is 57.5 Å². The van der Waals surface area contributed by atoms with E-state index in [9.17, 15) is 9.59 Å². The lowest BCUT2D eigenvalue weighted by Gasteiger charge is -2.33. The van der Waals surface area contributed by atoms with E-state index in [0.29, 0.717) is 18.9 Å². The summed E-state index contributed by atoms with van der Waals surface area (Å²) >= 11 is 0. The molecule has 5 heteroatoms. The molecule has 0 aromatic heterocycles. The summed E-state index contributed by atoms with van der Waals surface area (Å²) < 4.78 is 0. The van der Waals surface area contributed by atoms with Crippen LogP contribution in [0.5, 0.6) is 0 Å². The number of carbonyl (C=O) groups is 2. The predicted octanol–water partition coefficient (Wildman–Crippen LogP) is 2.86. The van der Waals surface area contributed by atoms with Gasteiger partial charge < -0.3 is 14.7 Å². The summed E-state index contributed by atoms with van der Waals surface area (Å²) in [5.74, 6) is 0.764. The first-order valence-electron chi connectivity index (χ1n) is 11.5. The molecule has 1 aromatic carbocycles. The molecule has 4 rings (SSSR count). The summed E-state index contributed by atoms with van der Waals surface area (Å²) in [6.07, 6.45) is 7.35. The molecule has 29 heavy (non-hydrogen) atoms. The van der Waals surface area contributed by atoms with Crippen LogP contribution in [0.4, 0.5) is 0 Å². The Morgan fingerprint density at radius 1 is 1.00 bits per heavy atom. The second-order valence-electron chi connectivity index (χ2n) is 9.15. The van der Waals surface area contributed by atoms with Gasteiger partial charge >= 0.3 is 0 Å². The Kier molecular flexibility index (Phi) is 6.53. The maximum atomic E-state index is 13.0. The molecule has 1 aliphatic carbocycles. The summed E-state index contributed by atoms with van der Waals surface area (Å²) in [7, 11) is 0. The van der Waals surface area contributed by atoms with Crippen LogP contribution in [-0.4, -0.2) is 71.8 Å². The fraction of sp³-hybridized carbons (Fsp3) is 0.667. The molecule has 1 saturated carbocycles. The minimum absolute atomic E-state index is 0.186. The van der Waals surface area contributed by atoms with Gasteiger partial charge in [0, 0.05) is 32.1 Å². The van der Waals surface area contributed by atoms with Gasteiger partial charge in [0.15, 0.2) is 0 Å².